The molecule has 0 aliphatic carbocycles. The van der Waals surface area contributed by atoms with Crippen LogP contribution in [-0.2, 0) is 13.1 Å². The minimum absolute atomic E-state index is 0.0354. The van der Waals surface area contributed by atoms with Gasteiger partial charge in [0.05, 0.1) is 25.1 Å². The standard InChI is InChI=1S/C21H20N4O5/c1-4-24-20(26)16-7-5-6-8-17(16)25(21(24)27)12-18-22-19(23-30-18)13-9-14(28-2)11-15(10-13)29-3/h5-11H,4,12H2,1-3H3. The van der Waals surface area contributed by atoms with Crippen molar-refractivity contribution in [1.29, 1.82) is 0 Å². The van der Waals surface area contributed by atoms with Crippen molar-refractivity contribution in [2.45, 2.75) is 20.0 Å². The SMILES string of the molecule is CCn1c(=O)c2ccccc2n(Cc2nc(-c3cc(OC)cc(OC)c3)no2)c1=O. The molecule has 0 saturated heterocycles. The Morgan fingerprint density at radius 2 is 1.70 bits per heavy atom. The summed E-state index contributed by atoms with van der Waals surface area (Å²) >= 11 is 0. The number of nitrogens with zero attached hydrogens (tertiary/aromatic N) is 4. The molecule has 9 heteroatoms. The molecule has 0 unspecified atom stereocenters. The Labute approximate surface area is 171 Å². The van der Waals surface area contributed by atoms with Gasteiger partial charge in [0.25, 0.3) is 5.56 Å². The largest absolute Gasteiger partial charge is 0.497 e. The van der Waals surface area contributed by atoms with Crippen LogP contribution in [0.2, 0.25) is 0 Å². The average Bonchev–Trinajstić information content (AvgIpc) is 3.25. The lowest BCUT2D eigenvalue weighted by molar-refractivity contribution is 0.369. The average molecular weight is 408 g/mol. The van der Waals surface area contributed by atoms with E-state index in [1.807, 2.05) is 0 Å². The van der Waals surface area contributed by atoms with E-state index in [2.05, 4.69) is 10.1 Å². The fourth-order valence-electron chi connectivity index (χ4n) is 3.31. The van der Waals surface area contributed by atoms with Gasteiger partial charge in [-0.05, 0) is 31.2 Å². The fourth-order valence-corrected chi connectivity index (χ4v) is 3.31. The molecule has 2 heterocycles. The Bertz CT molecular complexity index is 1310. The van der Waals surface area contributed by atoms with E-state index >= 15 is 0 Å². The van der Waals surface area contributed by atoms with Crippen molar-refractivity contribution >= 4 is 10.9 Å². The summed E-state index contributed by atoms with van der Waals surface area (Å²) in [4.78, 5) is 29.9. The predicted octanol–water partition coefficient (Wildman–Crippen LogP) is 2.30. The molecule has 0 radical (unpaired) electrons. The zero-order valence-electron chi connectivity index (χ0n) is 16.8. The van der Waals surface area contributed by atoms with E-state index in [9.17, 15) is 9.59 Å². The van der Waals surface area contributed by atoms with E-state index in [0.29, 0.717) is 33.8 Å². The first-order valence-corrected chi connectivity index (χ1v) is 9.34. The Morgan fingerprint density at radius 1 is 1.00 bits per heavy atom. The van der Waals surface area contributed by atoms with Crippen molar-refractivity contribution in [2.75, 3.05) is 14.2 Å². The summed E-state index contributed by atoms with van der Waals surface area (Å²) in [6, 6.07) is 12.2. The normalized spacial score (nSPS) is 11.0. The van der Waals surface area contributed by atoms with Crippen LogP contribution >= 0.6 is 0 Å². The zero-order valence-corrected chi connectivity index (χ0v) is 16.8. The number of fused-ring (bicyclic) bond motifs is 1. The van der Waals surface area contributed by atoms with E-state index in [4.69, 9.17) is 14.0 Å². The van der Waals surface area contributed by atoms with Crippen LogP contribution in [0.4, 0.5) is 0 Å². The van der Waals surface area contributed by atoms with Gasteiger partial charge >= 0.3 is 5.69 Å². The van der Waals surface area contributed by atoms with Crippen LogP contribution < -0.4 is 20.7 Å². The summed E-state index contributed by atoms with van der Waals surface area (Å²) < 4.78 is 18.6. The van der Waals surface area contributed by atoms with Crippen LogP contribution in [0, 0.1) is 0 Å². The summed E-state index contributed by atoms with van der Waals surface area (Å²) in [6.45, 7) is 2.05. The second kappa shape index (κ2) is 7.86. The Hall–Kier alpha value is -3.88. The summed E-state index contributed by atoms with van der Waals surface area (Å²) in [7, 11) is 3.11. The van der Waals surface area contributed by atoms with Gasteiger partial charge in [-0.25, -0.2) is 4.79 Å². The van der Waals surface area contributed by atoms with Gasteiger partial charge in [-0.3, -0.25) is 13.9 Å². The maximum atomic E-state index is 12.9. The van der Waals surface area contributed by atoms with Crippen LogP contribution in [0.5, 0.6) is 11.5 Å². The number of methoxy groups -OCH3 is 2. The lowest BCUT2D eigenvalue weighted by Crippen LogP contribution is -2.39. The van der Waals surface area contributed by atoms with Crippen LogP contribution in [0.3, 0.4) is 0 Å². The van der Waals surface area contributed by atoms with Crippen LogP contribution in [0.25, 0.3) is 22.3 Å². The molecule has 2 aromatic carbocycles. The number of benzene rings is 2. The fraction of sp³-hybridized carbons (Fsp3) is 0.238. The molecule has 4 rings (SSSR count). The van der Waals surface area contributed by atoms with Crippen molar-refractivity contribution in [2.24, 2.45) is 0 Å². The smallest absolute Gasteiger partial charge is 0.331 e. The molecular weight excluding hydrogens is 388 g/mol. The molecule has 0 aliphatic rings. The zero-order chi connectivity index (χ0) is 21.3. The van der Waals surface area contributed by atoms with Gasteiger partial charge in [0.1, 0.15) is 18.0 Å². The quantitative estimate of drug-likeness (QED) is 0.482. The van der Waals surface area contributed by atoms with Gasteiger partial charge < -0.3 is 14.0 Å². The minimum atomic E-state index is -0.427. The van der Waals surface area contributed by atoms with Crippen LogP contribution in [-0.4, -0.2) is 33.5 Å². The molecule has 0 spiro atoms. The molecule has 154 valence electrons. The van der Waals surface area contributed by atoms with Crippen molar-refractivity contribution in [3.8, 4) is 22.9 Å². The molecule has 0 aliphatic heterocycles. The summed E-state index contributed by atoms with van der Waals surface area (Å²) in [6.07, 6.45) is 0. The van der Waals surface area contributed by atoms with Gasteiger partial charge in [0, 0.05) is 18.2 Å². The molecule has 9 nitrogen and oxygen atoms in total. The van der Waals surface area contributed by atoms with Gasteiger partial charge in [-0.2, -0.15) is 4.98 Å². The highest BCUT2D eigenvalue weighted by Crippen LogP contribution is 2.28. The maximum Gasteiger partial charge on any atom is 0.331 e. The molecule has 0 atom stereocenters. The highest BCUT2D eigenvalue weighted by Gasteiger charge is 2.16. The summed E-state index contributed by atoms with van der Waals surface area (Å²) in [5, 5.41) is 4.48. The van der Waals surface area contributed by atoms with E-state index in [1.165, 1.54) is 9.13 Å². The molecule has 30 heavy (non-hydrogen) atoms. The number of aromatic nitrogens is 4. The molecule has 0 fully saturated rings. The highest BCUT2D eigenvalue weighted by molar-refractivity contribution is 5.77. The number of rotatable bonds is 6. The van der Waals surface area contributed by atoms with E-state index in [0.717, 1.165) is 0 Å². The molecule has 0 bridgehead atoms. The first-order valence-electron chi connectivity index (χ1n) is 9.34. The van der Waals surface area contributed by atoms with E-state index in [-0.39, 0.29) is 24.5 Å². The van der Waals surface area contributed by atoms with E-state index < -0.39 is 5.69 Å². The first kappa shape index (κ1) is 19.4. The molecule has 2 aromatic heterocycles. The third-order valence-electron chi connectivity index (χ3n) is 4.82. The third kappa shape index (κ3) is 3.34. The molecule has 0 amide bonds. The predicted molar refractivity (Wildman–Crippen MR) is 110 cm³/mol. The third-order valence-corrected chi connectivity index (χ3v) is 4.82. The van der Waals surface area contributed by atoms with Crippen molar-refractivity contribution in [3.05, 3.63) is 69.2 Å². The Morgan fingerprint density at radius 3 is 2.37 bits per heavy atom. The lowest BCUT2D eigenvalue weighted by atomic mass is 10.2. The van der Waals surface area contributed by atoms with Crippen molar-refractivity contribution in [1.82, 2.24) is 19.3 Å². The maximum absolute atomic E-state index is 12.9. The summed E-state index contributed by atoms with van der Waals surface area (Å²) in [5.74, 6) is 1.75. The van der Waals surface area contributed by atoms with Crippen LogP contribution in [0.1, 0.15) is 12.8 Å². The highest BCUT2D eigenvalue weighted by atomic mass is 16.5. The molecule has 0 N–H and O–H groups in total. The topological polar surface area (TPSA) is 101 Å². The number of para-hydroxylation sites is 1. The molecule has 4 aromatic rings. The van der Waals surface area contributed by atoms with Crippen molar-refractivity contribution in [3.63, 3.8) is 0 Å². The first-order chi connectivity index (χ1) is 14.5. The second-order valence-electron chi connectivity index (χ2n) is 6.55. The van der Waals surface area contributed by atoms with Gasteiger partial charge in [-0.15, -0.1) is 0 Å². The van der Waals surface area contributed by atoms with E-state index in [1.54, 1.807) is 63.6 Å². The second-order valence-corrected chi connectivity index (χ2v) is 6.55. The van der Waals surface area contributed by atoms with Gasteiger partial charge in [0.2, 0.25) is 11.7 Å². The number of ether oxygens (including phenoxy) is 2. The minimum Gasteiger partial charge on any atom is -0.497 e. The molecule has 0 saturated carbocycles. The van der Waals surface area contributed by atoms with Crippen LogP contribution in [0.15, 0.2) is 56.6 Å². The van der Waals surface area contributed by atoms with Crippen molar-refractivity contribution < 1.29 is 14.0 Å². The van der Waals surface area contributed by atoms with Gasteiger partial charge in [-0.1, -0.05) is 17.3 Å². The number of hydrogen-bond donors (Lipinski definition) is 0. The van der Waals surface area contributed by atoms with Gasteiger partial charge in [0.15, 0.2) is 0 Å². The summed E-state index contributed by atoms with van der Waals surface area (Å²) in [5.41, 5.74) is 0.421. The Balaban J connectivity index is 1.78. The lowest BCUT2D eigenvalue weighted by Gasteiger charge is -2.11. The number of hydrogen-bond acceptors (Lipinski definition) is 7. The monoisotopic (exact) mass is 408 g/mol. The molecular formula is C21H20N4O5. The Kier molecular flexibility index (Phi) is 5.09.